The zero-order chi connectivity index (χ0) is 13.1. The van der Waals surface area contributed by atoms with Gasteiger partial charge >= 0.3 is 0 Å². The van der Waals surface area contributed by atoms with E-state index in [0.717, 1.165) is 12.8 Å². The lowest BCUT2D eigenvalue weighted by Gasteiger charge is -2.12. The minimum absolute atomic E-state index is 0.000978. The van der Waals surface area contributed by atoms with E-state index in [-0.39, 0.29) is 24.1 Å². The minimum Gasteiger partial charge on any atom is -0.489 e. The molecule has 98 valence electrons. The standard InChI is InChI=1S/C14H19NO3/c1-9(2)17-12-6-11(7-15-8-12)14(16)13-5-4-10(3)18-13/h6-10,13H,4-5H2,1-3H3. The van der Waals surface area contributed by atoms with Crippen molar-refractivity contribution in [3.8, 4) is 5.75 Å². The number of rotatable bonds is 4. The molecular formula is C14H19NO3. The van der Waals surface area contributed by atoms with Gasteiger partial charge in [-0.2, -0.15) is 0 Å². The molecule has 0 N–H and O–H groups in total. The first-order chi connectivity index (χ1) is 8.56. The molecule has 0 spiro atoms. The van der Waals surface area contributed by atoms with Crippen molar-refractivity contribution in [2.24, 2.45) is 0 Å². The summed E-state index contributed by atoms with van der Waals surface area (Å²) in [5, 5.41) is 0. The first kappa shape index (κ1) is 13.0. The van der Waals surface area contributed by atoms with Crippen molar-refractivity contribution in [3.63, 3.8) is 0 Å². The van der Waals surface area contributed by atoms with Crippen molar-refractivity contribution in [2.45, 2.75) is 51.9 Å². The molecular weight excluding hydrogens is 230 g/mol. The summed E-state index contributed by atoms with van der Waals surface area (Å²) in [7, 11) is 0. The van der Waals surface area contributed by atoms with Gasteiger partial charge in [0.2, 0.25) is 0 Å². The van der Waals surface area contributed by atoms with Crippen LogP contribution in [0.15, 0.2) is 18.5 Å². The molecule has 0 amide bonds. The average Bonchev–Trinajstić information content (AvgIpc) is 2.74. The quantitative estimate of drug-likeness (QED) is 0.770. The molecule has 2 rings (SSSR count). The van der Waals surface area contributed by atoms with Crippen molar-refractivity contribution in [3.05, 3.63) is 24.0 Å². The lowest BCUT2D eigenvalue weighted by Crippen LogP contribution is -2.21. The van der Waals surface area contributed by atoms with Crippen molar-refractivity contribution in [2.75, 3.05) is 0 Å². The van der Waals surface area contributed by atoms with Crippen LogP contribution < -0.4 is 4.74 Å². The number of nitrogens with zero attached hydrogens (tertiary/aromatic N) is 1. The van der Waals surface area contributed by atoms with Gasteiger partial charge in [-0.15, -0.1) is 0 Å². The van der Waals surface area contributed by atoms with Crippen LogP contribution in [0.3, 0.4) is 0 Å². The number of hydrogen-bond donors (Lipinski definition) is 0. The lowest BCUT2D eigenvalue weighted by molar-refractivity contribution is 0.0432. The van der Waals surface area contributed by atoms with E-state index in [0.29, 0.717) is 11.3 Å². The van der Waals surface area contributed by atoms with E-state index >= 15 is 0 Å². The van der Waals surface area contributed by atoms with Crippen LogP contribution in [-0.4, -0.2) is 29.1 Å². The maximum absolute atomic E-state index is 12.2. The Morgan fingerprint density at radius 2 is 2.22 bits per heavy atom. The second kappa shape index (κ2) is 5.48. The van der Waals surface area contributed by atoms with Gasteiger partial charge in [0, 0.05) is 11.8 Å². The van der Waals surface area contributed by atoms with E-state index in [1.807, 2.05) is 20.8 Å². The van der Waals surface area contributed by atoms with Crippen molar-refractivity contribution < 1.29 is 14.3 Å². The van der Waals surface area contributed by atoms with Gasteiger partial charge in [-0.25, -0.2) is 0 Å². The molecule has 0 saturated carbocycles. The highest BCUT2D eigenvalue weighted by molar-refractivity contribution is 5.99. The zero-order valence-corrected chi connectivity index (χ0v) is 11.1. The molecule has 0 aromatic carbocycles. The maximum Gasteiger partial charge on any atom is 0.193 e. The van der Waals surface area contributed by atoms with Gasteiger partial charge in [-0.1, -0.05) is 0 Å². The molecule has 1 aromatic heterocycles. The van der Waals surface area contributed by atoms with Gasteiger partial charge in [0.25, 0.3) is 0 Å². The molecule has 1 aliphatic heterocycles. The van der Waals surface area contributed by atoms with Crippen LogP contribution in [0.1, 0.15) is 44.0 Å². The number of hydrogen-bond acceptors (Lipinski definition) is 4. The lowest BCUT2D eigenvalue weighted by atomic mass is 10.1. The van der Waals surface area contributed by atoms with Crippen LogP contribution in [-0.2, 0) is 4.74 Å². The van der Waals surface area contributed by atoms with Gasteiger partial charge in [-0.3, -0.25) is 9.78 Å². The van der Waals surface area contributed by atoms with E-state index < -0.39 is 0 Å². The number of carbonyl (C=O) groups is 1. The number of Topliss-reactive ketones (excluding diaryl/α,β-unsaturated/α-hetero) is 1. The Morgan fingerprint density at radius 1 is 1.44 bits per heavy atom. The van der Waals surface area contributed by atoms with Gasteiger partial charge in [0.15, 0.2) is 5.78 Å². The molecule has 2 atom stereocenters. The Labute approximate surface area is 107 Å². The number of carbonyl (C=O) groups excluding carboxylic acids is 1. The number of ketones is 1. The highest BCUT2D eigenvalue weighted by Crippen LogP contribution is 2.23. The first-order valence-electron chi connectivity index (χ1n) is 6.37. The summed E-state index contributed by atoms with van der Waals surface area (Å²) in [6.07, 6.45) is 4.83. The summed E-state index contributed by atoms with van der Waals surface area (Å²) in [4.78, 5) is 16.3. The molecule has 1 saturated heterocycles. The number of aromatic nitrogens is 1. The van der Waals surface area contributed by atoms with Gasteiger partial charge in [0.05, 0.1) is 18.4 Å². The summed E-state index contributed by atoms with van der Waals surface area (Å²) in [6.45, 7) is 5.87. The fourth-order valence-electron chi connectivity index (χ4n) is 2.07. The zero-order valence-electron chi connectivity index (χ0n) is 11.1. The van der Waals surface area contributed by atoms with Gasteiger partial charge < -0.3 is 9.47 Å². The Kier molecular flexibility index (Phi) is 3.97. The predicted molar refractivity (Wildman–Crippen MR) is 67.9 cm³/mol. The molecule has 0 aliphatic carbocycles. The van der Waals surface area contributed by atoms with E-state index in [2.05, 4.69) is 4.98 Å². The Morgan fingerprint density at radius 3 is 2.83 bits per heavy atom. The molecule has 4 nitrogen and oxygen atoms in total. The smallest absolute Gasteiger partial charge is 0.193 e. The number of ether oxygens (including phenoxy) is 2. The summed E-state index contributed by atoms with van der Waals surface area (Å²) in [6, 6.07) is 1.74. The van der Waals surface area contributed by atoms with Crippen LogP contribution in [0.5, 0.6) is 5.75 Å². The minimum atomic E-state index is -0.323. The summed E-state index contributed by atoms with van der Waals surface area (Å²) in [5.74, 6) is 0.628. The van der Waals surface area contributed by atoms with Crippen LogP contribution >= 0.6 is 0 Å². The summed E-state index contributed by atoms with van der Waals surface area (Å²) >= 11 is 0. The normalized spacial score (nSPS) is 23.3. The van der Waals surface area contributed by atoms with E-state index in [1.54, 1.807) is 18.5 Å². The molecule has 18 heavy (non-hydrogen) atoms. The van der Waals surface area contributed by atoms with Gasteiger partial charge in [-0.05, 0) is 39.7 Å². The van der Waals surface area contributed by atoms with E-state index in [9.17, 15) is 4.79 Å². The van der Waals surface area contributed by atoms with Crippen LogP contribution in [0.2, 0.25) is 0 Å². The van der Waals surface area contributed by atoms with E-state index in [1.165, 1.54) is 0 Å². The highest BCUT2D eigenvalue weighted by atomic mass is 16.5. The molecule has 2 unspecified atom stereocenters. The Bertz CT molecular complexity index is 431. The van der Waals surface area contributed by atoms with Crippen molar-refractivity contribution in [1.82, 2.24) is 4.98 Å². The topological polar surface area (TPSA) is 48.4 Å². The molecule has 1 aliphatic rings. The molecule has 0 radical (unpaired) electrons. The van der Waals surface area contributed by atoms with Gasteiger partial charge in [0.1, 0.15) is 11.9 Å². The van der Waals surface area contributed by atoms with Crippen LogP contribution in [0.4, 0.5) is 0 Å². The second-order valence-electron chi connectivity index (χ2n) is 4.95. The van der Waals surface area contributed by atoms with Crippen LogP contribution in [0, 0.1) is 0 Å². The molecule has 0 bridgehead atoms. The Hall–Kier alpha value is -1.42. The third-order valence-corrected chi connectivity index (χ3v) is 2.89. The molecule has 1 aromatic rings. The summed E-state index contributed by atoms with van der Waals surface area (Å²) < 4.78 is 11.1. The maximum atomic E-state index is 12.2. The predicted octanol–water partition coefficient (Wildman–Crippen LogP) is 2.62. The number of pyridine rings is 1. The van der Waals surface area contributed by atoms with Crippen LogP contribution in [0.25, 0.3) is 0 Å². The molecule has 4 heteroatoms. The summed E-state index contributed by atoms with van der Waals surface area (Å²) in [5.41, 5.74) is 0.562. The monoisotopic (exact) mass is 249 g/mol. The van der Waals surface area contributed by atoms with E-state index in [4.69, 9.17) is 9.47 Å². The largest absolute Gasteiger partial charge is 0.489 e. The third-order valence-electron chi connectivity index (χ3n) is 2.89. The molecule has 2 heterocycles. The first-order valence-corrected chi connectivity index (χ1v) is 6.37. The average molecular weight is 249 g/mol. The second-order valence-corrected chi connectivity index (χ2v) is 4.95. The Balaban J connectivity index is 2.10. The van der Waals surface area contributed by atoms with Crippen molar-refractivity contribution in [1.29, 1.82) is 0 Å². The van der Waals surface area contributed by atoms with Crippen molar-refractivity contribution >= 4 is 5.78 Å². The fraction of sp³-hybridized carbons (Fsp3) is 0.571. The highest BCUT2D eigenvalue weighted by Gasteiger charge is 2.29. The fourth-order valence-corrected chi connectivity index (χ4v) is 2.07. The SMILES string of the molecule is CC(C)Oc1cncc(C(=O)C2CCC(C)O2)c1. The molecule has 1 fully saturated rings. The third kappa shape index (κ3) is 3.07.